The highest BCUT2D eigenvalue weighted by Crippen LogP contribution is 2.29. The number of nitrogens with zero attached hydrogens (tertiary/aromatic N) is 2. The van der Waals surface area contributed by atoms with Gasteiger partial charge in [-0.1, -0.05) is 0 Å². The number of rotatable bonds is 2. The van der Waals surface area contributed by atoms with Crippen molar-refractivity contribution in [2.24, 2.45) is 5.73 Å². The van der Waals surface area contributed by atoms with Gasteiger partial charge in [0.1, 0.15) is 6.23 Å². The Kier molecular flexibility index (Phi) is 3.29. The van der Waals surface area contributed by atoms with Gasteiger partial charge in [0.05, 0.1) is 17.4 Å². The van der Waals surface area contributed by atoms with Crippen LogP contribution < -0.4 is 5.73 Å². The summed E-state index contributed by atoms with van der Waals surface area (Å²) in [5.74, 6) is 0. The molecule has 1 aromatic carbocycles. The van der Waals surface area contributed by atoms with Gasteiger partial charge in [-0.2, -0.15) is 0 Å². The first-order valence-corrected chi connectivity index (χ1v) is 7.01. The van der Waals surface area contributed by atoms with Crippen molar-refractivity contribution in [3.05, 3.63) is 29.6 Å². The van der Waals surface area contributed by atoms with E-state index in [0.717, 1.165) is 30.5 Å². The van der Waals surface area contributed by atoms with E-state index >= 15 is 0 Å². The molecule has 0 aliphatic carbocycles. The fourth-order valence-electron chi connectivity index (χ4n) is 2.86. The first-order chi connectivity index (χ1) is 9.16. The Morgan fingerprint density at radius 2 is 2.26 bits per heavy atom. The number of imidazole rings is 1. The van der Waals surface area contributed by atoms with Crippen LogP contribution in [-0.4, -0.2) is 16.2 Å². The van der Waals surface area contributed by atoms with Crippen LogP contribution in [0.2, 0.25) is 0 Å². The molecule has 0 spiro atoms. The van der Waals surface area contributed by atoms with Crippen molar-refractivity contribution >= 4 is 11.0 Å². The lowest BCUT2D eigenvalue weighted by atomic mass is 10.0. The Morgan fingerprint density at radius 1 is 1.42 bits per heavy atom. The van der Waals surface area contributed by atoms with Crippen molar-refractivity contribution in [1.82, 2.24) is 9.55 Å². The fourth-order valence-corrected chi connectivity index (χ4v) is 2.86. The summed E-state index contributed by atoms with van der Waals surface area (Å²) < 4.78 is 8.01. The largest absolute Gasteiger partial charge is 0.358 e. The molecule has 0 radical (unpaired) electrons. The van der Waals surface area contributed by atoms with E-state index in [1.165, 1.54) is 17.5 Å². The lowest BCUT2D eigenvalue weighted by Crippen LogP contribution is -2.17. The van der Waals surface area contributed by atoms with Gasteiger partial charge in [-0.25, -0.2) is 4.98 Å². The van der Waals surface area contributed by atoms with E-state index < -0.39 is 0 Å². The number of hydrogen-bond acceptors (Lipinski definition) is 3. The molecule has 19 heavy (non-hydrogen) atoms. The minimum absolute atomic E-state index is 0.0421. The Balaban J connectivity index is 2.05. The zero-order chi connectivity index (χ0) is 13.4. The van der Waals surface area contributed by atoms with Gasteiger partial charge in [-0.3, -0.25) is 0 Å². The van der Waals surface area contributed by atoms with Crippen LogP contribution in [0, 0.1) is 6.92 Å². The van der Waals surface area contributed by atoms with Crippen LogP contribution in [0.25, 0.3) is 11.0 Å². The van der Waals surface area contributed by atoms with Crippen LogP contribution in [0.15, 0.2) is 18.5 Å². The molecule has 0 amide bonds. The molecule has 0 saturated carbocycles. The van der Waals surface area contributed by atoms with E-state index in [2.05, 4.69) is 28.6 Å². The normalized spacial score (nSPS) is 21.7. The smallest absolute Gasteiger partial charge is 0.135 e. The van der Waals surface area contributed by atoms with Crippen molar-refractivity contribution in [2.75, 3.05) is 6.61 Å². The summed E-state index contributed by atoms with van der Waals surface area (Å²) >= 11 is 0. The topological polar surface area (TPSA) is 53.1 Å². The molecule has 2 atom stereocenters. The number of hydrogen-bond donors (Lipinski definition) is 1. The number of aromatic nitrogens is 2. The molecule has 102 valence electrons. The van der Waals surface area contributed by atoms with Crippen LogP contribution in [0.1, 0.15) is 49.6 Å². The van der Waals surface area contributed by atoms with E-state index in [9.17, 15) is 0 Å². The third-order valence-corrected chi connectivity index (χ3v) is 3.92. The molecular weight excluding hydrogens is 238 g/mol. The highest BCUT2D eigenvalue weighted by molar-refractivity contribution is 5.77. The summed E-state index contributed by atoms with van der Waals surface area (Å²) in [5, 5.41) is 0. The molecule has 0 bridgehead atoms. The molecule has 1 fully saturated rings. The van der Waals surface area contributed by atoms with Crippen LogP contribution in [0.3, 0.4) is 0 Å². The van der Waals surface area contributed by atoms with Gasteiger partial charge < -0.3 is 15.0 Å². The van der Waals surface area contributed by atoms with E-state index in [4.69, 9.17) is 10.5 Å². The molecule has 3 rings (SSSR count). The third kappa shape index (κ3) is 2.26. The van der Waals surface area contributed by atoms with E-state index in [1.807, 2.05) is 13.3 Å². The summed E-state index contributed by atoms with van der Waals surface area (Å²) in [7, 11) is 0. The first-order valence-electron chi connectivity index (χ1n) is 7.01. The van der Waals surface area contributed by atoms with Crippen LogP contribution in [0.4, 0.5) is 0 Å². The monoisotopic (exact) mass is 259 g/mol. The SMILES string of the molecule is Cc1cc2c(cc1C(C)N)ncn2C1CCCCO1. The molecular formula is C15H21N3O. The maximum atomic E-state index is 6.00. The maximum absolute atomic E-state index is 6.00. The summed E-state index contributed by atoms with van der Waals surface area (Å²) in [6.07, 6.45) is 5.49. The van der Waals surface area contributed by atoms with Crippen molar-refractivity contribution in [2.45, 2.75) is 45.4 Å². The van der Waals surface area contributed by atoms with E-state index in [1.54, 1.807) is 0 Å². The van der Waals surface area contributed by atoms with Crippen molar-refractivity contribution in [1.29, 1.82) is 0 Å². The average Bonchev–Trinajstić information content (AvgIpc) is 2.81. The predicted octanol–water partition coefficient (Wildman–Crippen LogP) is 3.06. The molecule has 2 heterocycles. The van der Waals surface area contributed by atoms with Crippen LogP contribution >= 0.6 is 0 Å². The molecule has 4 nitrogen and oxygen atoms in total. The molecule has 1 aliphatic heterocycles. The standard InChI is InChI=1S/C15H21N3O/c1-10-7-14-13(8-12(10)11(2)16)17-9-18(14)15-5-3-4-6-19-15/h7-9,11,15H,3-6,16H2,1-2H3. The van der Waals surface area contributed by atoms with Gasteiger partial charge in [0.25, 0.3) is 0 Å². The number of ether oxygens (including phenoxy) is 1. The maximum Gasteiger partial charge on any atom is 0.135 e. The quantitative estimate of drug-likeness (QED) is 0.901. The van der Waals surface area contributed by atoms with Crippen molar-refractivity contribution < 1.29 is 4.74 Å². The Labute approximate surface area is 113 Å². The average molecular weight is 259 g/mol. The highest BCUT2D eigenvalue weighted by atomic mass is 16.5. The summed E-state index contributed by atoms with van der Waals surface area (Å²) in [4.78, 5) is 4.51. The zero-order valence-electron chi connectivity index (χ0n) is 11.6. The molecule has 1 saturated heterocycles. The Hall–Kier alpha value is -1.39. The Bertz CT molecular complexity index is 582. The molecule has 2 aromatic rings. The predicted molar refractivity (Wildman–Crippen MR) is 75.9 cm³/mol. The number of benzene rings is 1. The highest BCUT2D eigenvalue weighted by Gasteiger charge is 2.18. The Morgan fingerprint density at radius 3 is 2.95 bits per heavy atom. The molecule has 2 N–H and O–H groups in total. The lowest BCUT2D eigenvalue weighted by Gasteiger charge is -2.24. The minimum atomic E-state index is 0.0421. The summed E-state index contributed by atoms with van der Waals surface area (Å²) in [6.45, 7) is 4.97. The summed E-state index contributed by atoms with van der Waals surface area (Å²) in [6, 6.07) is 4.33. The number of fused-ring (bicyclic) bond motifs is 1. The van der Waals surface area contributed by atoms with Crippen molar-refractivity contribution in [3.8, 4) is 0 Å². The summed E-state index contributed by atoms with van der Waals surface area (Å²) in [5.41, 5.74) is 10.5. The number of nitrogens with two attached hydrogens (primary N) is 1. The van der Waals surface area contributed by atoms with E-state index in [0.29, 0.717) is 0 Å². The fraction of sp³-hybridized carbons (Fsp3) is 0.533. The van der Waals surface area contributed by atoms with Crippen LogP contribution in [-0.2, 0) is 4.74 Å². The van der Waals surface area contributed by atoms with E-state index in [-0.39, 0.29) is 12.3 Å². The second-order valence-corrected chi connectivity index (χ2v) is 5.46. The van der Waals surface area contributed by atoms with Gasteiger partial charge in [0, 0.05) is 12.6 Å². The van der Waals surface area contributed by atoms with Gasteiger partial charge in [-0.05, 0) is 56.4 Å². The molecule has 1 aliphatic rings. The third-order valence-electron chi connectivity index (χ3n) is 3.92. The van der Waals surface area contributed by atoms with Gasteiger partial charge >= 0.3 is 0 Å². The zero-order valence-corrected chi connectivity index (χ0v) is 11.6. The second kappa shape index (κ2) is 4.94. The molecule has 1 aromatic heterocycles. The molecule has 4 heteroatoms. The van der Waals surface area contributed by atoms with Crippen LogP contribution in [0.5, 0.6) is 0 Å². The second-order valence-electron chi connectivity index (χ2n) is 5.46. The molecule has 2 unspecified atom stereocenters. The minimum Gasteiger partial charge on any atom is -0.358 e. The van der Waals surface area contributed by atoms with Gasteiger partial charge in [0.15, 0.2) is 0 Å². The van der Waals surface area contributed by atoms with Gasteiger partial charge in [-0.15, -0.1) is 0 Å². The van der Waals surface area contributed by atoms with Gasteiger partial charge in [0.2, 0.25) is 0 Å². The first kappa shape index (κ1) is 12.6. The number of aryl methyl sites for hydroxylation is 1. The lowest BCUT2D eigenvalue weighted by molar-refractivity contribution is -0.0295. The van der Waals surface area contributed by atoms with Crippen molar-refractivity contribution in [3.63, 3.8) is 0 Å².